The number of rotatable bonds is 3. The molecule has 144 valence electrons. The van der Waals surface area contributed by atoms with E-state index in [1.807, 2.05) is 29.2 Å². The number of benzene rings is 1. The van der Waals surface area contributed by atoms with Gasteiger partial charge >= 0.3 is 0 Å². The summed E-state index contributed by atoms with van der Waals surface area (Å²) in [6.07, 6.45) is 7.20. The molecule has 0 saturated carbocycles. The van der Waals surface area contributed by atoms with Gasteiger partial charge in [0.15, 0.2) is 11.6 Å². The van der Waals surface area contributed by atoms with Crippen molar-refractivity contribution >= 4 is 22.8 Å². The van der Waals surface area contributed by atoms with Crippen LogP contribution in [-0.4, -0.2) is 56.4 Å². The van der Waals surface area contributed by atoms with Gasteiger partial charge in [-0.3, -0.25) is 9.78 Å². The second kappa shape index (κ2) is 6.89. The molecule has 1 N–H and O–H groups in total. The van der Waals surface area contributed by atoms with Crippen LogP contribution in [0.15, 0.2) is 36.7 Å². The van der Waals surface area contributed by atoms with Crippen LogP contribution in [0.5, 0.6) is 0 Å². The van der Waals surface area contributed by atoms with E-state index in [0.29, 0.717) is 25.0 Å². The Morgan fingerprint density at radius 2 is 1.96 bits per heavy atom. The summed E-state index contributed by atoms with van der Waals surface area (Å²) in [5.74, 6) is 1.58. The van der Waals surface area contributed by atoms with Crippen molar-refractivity contribution in [3.05, 3.63) is 48.2 Å². The summed E-state index contributed by atoms with van der Waals surface area (Å²) in [7, 11) is 0. The summed E-state index contributed by atoms with van der Waals surface area (Å²) in [6, 6.07) is 8.19. The van der Waals surface area contributed by atoms with Crippen LogP contribution in [0.1, 0.15) is 48.4 Å². The van der Waals surface area contributed by atoms with E-state index < -0.39 is 0 Å². The Morgan fingerprint density at radius 1 is 1.14 bits per heavy atom. The predicted octanol–water partition coefficient (Wildman–Crippen LogP) is 2.97. The number of hydrogen-bond donors (Lipinski definition) is 1. The fourth-order valence-electron chi connectivity index (χ4n) is 4.28. The molecule has 7 nitrogen and oxygen atoms in total. The number of likely N-dealkylation sites (tertiary alicyclic amines) is 1. The van der Waals surface area contributed by atoms with E-state index in [1.54, 1.807) is 12.4 Å². The number of carbonyl (C=O) groups excluding carboxylic acids is 1. The summed E-state index contributed by atoms with van der Waals surface area (Å²) in [5, 5.41) is 0. The predicted molar refractivity (Wildman–Crippen MR) is 107 cm³/mol. The van der Waals surface area contributed by atoms with E-state index in [4.69, 9.17) is 0 Å². The third-order valence-electron chi connectivity index (χ3n) is 5.93. The summed E-state index contributed by atoms with van der Waals surface area (Å²) in [4.78, 5) is 33.9. The Hall–Kier alpha value is -2.96. The molecule has 2 fully saturated rings. The minimum absolute atomic E-state index is 0.0516. The molecule has 0 spiro atoms. The van der Waals surface area contributed by atoms with Crippen molar-refractivity contribution < 1.29 is 4.79 Å². The number of piperidine rings is 1. The molecule has 2 saturated heterocycles. The Labute approximate surface area is 163 Å². The van der Waals surface area contributed by atoms with Gasteiger partial charge in [0.1, 0.15) is 0 Å². The Morgan fingerprint density at radius 3 is 2.79 bits per heavy atom. The topological polar surface area (TPSA) is 78.0 Å². The number of imidazole rings is 1. The molecule has 0 bridgehead atoms. The lowest BCUT2D eigenvalue weighted by Crippen LogP contribution is -2.50. The second-order valence-corrected chi connectivity index (χ2v) is 7.81. The number of para-hydroxylation sites is 2. The smallest absolute Gasteiger partial charge is 0.289 e. The van der Waals surface area contributed by atoms with Crippen LogP contribution in [0.3, 0.4) is 0 Å². The molecule has 5 rings (SSSR count). The maximum Gasteiger partial charge on any atom is 0.289 e. The highest BCUT2D eigenvalue weighted by Crippen LogP contribution is 2.34. The fraction of sp³-hybridized carbons (Fsp3) is 0.429. The van der Waals surface area contributed by atoms with Gasteiger partial charge < -0.3 is 14.8 Å². The minimum Gasteiger partial charge on any atom is -0.352 e. The van der Waals surface area contributed by atoms with E-state index in [-0.39, 0.29) is 11.8 Å². The maximum atomic E-state index is 12.8. The lowest BCUT2D eigenvalue weighted by molar-refractivity contribution is 0.0587. The number of nitrogens with one attached hydrogen (secondary N) is 1. The maximum absolute atomic E-state index is 12.8. The fourth-order valence-corrected chi connectivity index (χ4v) is 4.28. The summed E-state index contributed by atoms with van der Waals surface area (Å²) < 4.78 is 0. The molecular formula is C21H24N6O. The molecule has 0 radical (unpaired) electrons. The van der Waals surface area contributed by atoms with Crippen LogP contribution in [0.4, 0.5) is 5.82 Å². The zero-order valence-corrected chi connectivity index (χ0v) is 16.0. The Bertz CT molecular complexity index is 976. The van der Waals surface area contributed by atoms with Crippen molar-refractivity contribution in [3.63, 3.8) is 0 Å². The first-order chi connectivity index (χ1) is 13.7. The average molecular weight is 376 g/mol. The van der Waals surface area contributed by atoms with E-state index >= 15 is 0 Å². The third kappa shape index (κ3) is 2.91. The highest BCUT2D eigenvalue weighted by Gasteiger charge is 2.37. The van der Waals surface area contributed by atoms with E-state index in [1.165, 1.54) is 19.3 Å². The average Bonchev–Trinajstić information content (AvgIpc) is 3.12. The molecule has 1 atom stereocenters. The molecule has 1 aromatic carbocycles. The lowest BCUT2D eigenvalue weighted by atomic mass is 9.94. The number of aromatic amines is 1. The standard InChI is InChI=1S/C21H24N6O/c1-14-6-4-5-11-27(14)20-18(22-9-10-23-20)15-12-26(13-15)21(28)19-24-16-7-2-3-8-17(16)25-19/h2-3,7-10,14-15H,4-6,11-13H2,1H3,(H,24,25)/t14-/m1/s1. The molecule has 4 heterocycles. The van der Waals surface area contributed by atoms with Gasteiger partial charge in [-0.2, -0.15) is 0 Å². The van der Waals surface area contributed by atoms with Crippen LogP contribution in [0.2, 0.25) is 0 Å². The number of nitrogens with zero attached hydrogens (tertiary/aromatic N) is 5. The number of hydrogen-bond acceptors (Lipinski definition) is 5. The highest BCUT2D eigenvalue weighted by atomic mass is 16.2. The zero-order chi connectivity index (χ0) is 19.1. The summed E-state index contributed by atoms with van der Waals surface area (Å²) in [5.41, 5.74) is 2.72. The molecule has 2 aromatic heterocycles. The van der Waals surface area contributed by atoms with Gasteiger partial charge in [0, 0.05) is 44.0 Å². The SMILES string of the molecule is C[C@@H]1CCCCN1c1nccnc1C1CN(C(=O)c2nc3ccccc3[nH]2)C1. The number of anilines is 1. The van der Waals surface area contributed by atoms with Gasteiger partial charge in [0.2, 0.25) is 0 Å². The lowest BCUT2D eigenvalue weighted by Gasteiger charge is -2.41. The van der Waals surface area contributed by atoms with Gasteiger partial charge in [-0.05, 0) is 38.3 Å². The molecule has 0 unspecified atom stereocenters. The molecule has 1 amide bonds. The number of aromatic nitrogens is 4. The first-order valence-corrected chi connectivity index (χ1v) is 10.0. The van der Waals surface area contributed by atoms with Crippen LogP contribution >= 0.6 is 0 Å². The van der Waals surface area contributed by atoms with Gasteiger partial charge in [0.25, 0.3) is 5.91 Å². The van der Waals surface area contributed by atoms with Crippen molar-refractivity contribution in [2.45, 2.75) is 38.1 Å². The molecular weight excluding hydrogens is 352 g/mol. The number of fused-ring (bicyclic) bond motifs is 1. The zero-order valence-electron chi connectivity index (χ0n) is 16.0. The summed E-state index contributed by atoms with van der Waals surface area (Å²) in [6.45, 7) is 4.60. The molecule has 3 aromatic rings. The molecule has 28 heavy (non-hydrogen) atoms. The van der Waals surface area contributed by atoms with Crippen molar-refractivity contribution in [1.29, 1.82) is 0 Å². The van der Waals surface area contributed by atoms with E-state index in [2.05, 4.69) is 31.8 Å². The van der Waals surface area contributed by atoms with Gasteiger partial charge in [-0.25, -0.2) is 9.97 Å². The normalized spacial score (nSPS) is 20.4. The number of H-pyrrole nitrogens is 1. The minimum atomic E-state index is -0.0516. The number of carbonyl (C=O) groups is 1. The monoisotopic (exact) mass is 376 g/mol. The van der Waals surface area contributed by atoms with E-state index in [9.17, 15) is 4.79 Å². The van der Waals surface area contributed by atoms with Crippen LogP contribution in [0.25, 0.3) is 11.0 Å². The van der Waals surface area contributed by atoms with Crippen molar-refractivity contribution in [3.8, 4) is 0 Å². The van der Waals surface area contributed by atoms with Gasteiger partial charge in [-0.15, -0.1) is 0 Å². The van der Waals surface area contributed by atoms with Crippen molar-refractivity contribution in [1.82, 2.24) is 24.8 Å². The van der Waals surface area contributed by atoms with Crippen LogP contribution in [0, 0.1) is 0 Å². The van der Waals surface area contributed by atoms with Crippen LogP contribution in [-0.2, 0) is 0 Å². The van der Waals surface area contributed by atoms with Crippen molar-refractivity contribution in [2.75, 3.05) is 24.5 Å². The Balaban J connectivity index is 1.32. The van der Waals surface area contributed by atoms with Gasteiger partial charge in [0.05, 0.1) is 16.7 Å². The van der Waals surface area contributed by atoms with Crippen LogP contribution < -0.4 is 4.90 Å². The largest absolute Gasteiger partial charge is 0.352 e. The van der Waals surface area contributed by atoms with E-state index in [0.717, 1.165) is 29.1 Å². The second-order valence-electron chi connectivity index (χ2n) is 7.81. The third-order valence-corrected chi connectivity index (χ3v) is 5.93. The van der Waals surface area contributed by atoms with Crippen molar-refractivity contribution in [2.24, 2.45) is 0 Å². The molecule has 2 aliphatic heterocycles. The van der Waals surface area contributed by atoms with Gasteiger partial charge in [-0.1, -0.05) is 12.1 Å². The first kappa shape index (κ1) is 17.2. The first-order valence-electron chi connectivity index (χ1n) is 10.0. The quantitative estimate of drug-likeness (QED) is 0.760. The highest BCUT2D eigenvalue weighted by molar-refractivity contribution is 5.94. The molecule has 0 aliphatic carbocycles. The number of amides is 1. The summed E-state index contributed by atoms with van der Waals surface area (Å²) >= 11 is 0. The molecule has 2 aliphatic rings. The molecule has 7 heteroatoms. The Kier molecular flexibility index (Phi) is 4.22.